The third-order valence-electron chi connectivity index (χ3n) is 1.11. The number of hydrogen-bond acceptors (Lipinski definition) is 3. The Hall–Kier alpha value is 0.0300. The van der Waals surface area contributed by atoms with Crippen LogP contribution in [-0.4, -0.2) is 33.7 Å². The molecule has 0 bridgehead atoms. The summed E-state index contributed by atoms with van der Waals surface area (Å²) in [7, 11) is 2.92. The van der Waals surface area contributed by atoms with Gasteiger partial charge in [0, 0.05) is 11.3 Å². The molecule has 5 heteroatoms. The van der Waals surface area contributed by atoms with E-state index < -0.39 is 11.3 Å². The summed E-state index contributed by atoms with van der Waals surface area (Å²) >= 11 is -2.03. The lowest BCUT2D eigenvalue weighted by Crippen LogP contribution is -2.13. The summed E-state index contributed by atoms with van der Waals surface area (Å²) in [5.74, 6) is 0. The average Bonchev–Trinajstić information content (AvgIpc) is 2.02. The molecule has 2 N–H and O–H groups in total. The molecule has 1 atom stereocenters. The van der Waals surface area contributed by atoms with Crippen LogP contribution < -0.4 is 5.73 Å². The fourth-order valence-electron chi connectivity index (χ4n) is 0.394. The van der Waals surface area contributed by atoms with Crippen molar-refractivity contribution in [1.82, 2.24) is 4.31 Å². The highest BCUT2D eigenvalue weighted by molar-refractivity contribution is 7.76. The van der Waals surface area contributed by atoms with Crippen molar-refractivity contribution in [2.24, 2.45) is 5.73 Å². The van der Waals surface area contributed by atoms with Gasteiger partial charge in [0.05, 0.1) is 0 Å². The topological polar surface area (TPSA) is 69.4 Å². The lowest BCUT2D eigenvalue weighted by Gasteiger charge is -2.10. The molecule has 0 heterocycles. The third kappa shape index (κ3) is 16.5. The fourth-order valence-corrected chi connectivity index (χ4v) is 0.394. The molecule has 0 aromatic heterocycles. The standard InChI is InChI=1S/C5H13N.C2H7NO2S/c1-2-3-4-5-6;1-3(2)6(4)5/h2-6H2,1H3;1-2H3,(H,4,5)/p-1. The molecule has 0 amide bonds. The van der Waals surface area contributed by atoms with E-state index in [1.165, 1.54) is 33.4 Å². The van der Waals surface area contributed by atoms with Gasteiger partial charge in [-0.3, -0.25) is 4.21 Å². The van der Waals surface area contributed by atoms with E-state index in [0.29, 0.717) is 0 Å². The molecule has 0 aliphatic carbocycles. The van der Waals surface area contributed by atoms with Gasteiger partial charge < -0.3 is 10.3 Å². The van der Waals surface area contributed by atoms with Crippen LogP contribution in [0.3, 0.4) is 0 Å². The largest absolute Gasteiger partial charge is 0.760 e. The second-order valence-corrected chi connectivity index (χ2v) is 3.69. The number of nitrogens with zero attached hydrogens (tertiary/aromatic N) is 1. The molecule has 0 rings (SSSR count). The van der Waals surface area contributed by atoms with Crippen molar-refractivity contribution in [2.45, 2.75) is 26.2 Å². The van der Waals surface area contributed by atoms with Crippen LogP contribution >= 0.6 is 0 Å². The zero-order valence-corrected chi connectivity index (χ0v) is 8.89. The van der Waals surface area contributed by atoms with Gasteiger partial charge in [0.2, 0.25) is 0 Å². The van der Waals surface area contributed by atoms with Gasteiger partial charge in [-0.05, 0) is 27.1 Å². The summed E-state index contributed by atoms with van der Waals surface area (Å²) in [6, 6.07) is 0. The van der Waals surface area contributed by atoms with Gasteiger partial charge in [0.1, 0.15) is 0 Å². The molecule has 0 aliphatic rings. The number of unbranched alkanes of at least 4 members (excludes halogenated alkanes) is 2. The monoisotopic (exact) mass is 195 g/mol. The van der Waals surface area contributed by atoms with E-state index in [1.807, 2.05) is 0 Å². The van der Waals surface area contributed by atoms with E-state index in [2.05, 4.69) is 6.92 Å². The predicted octanol–water partition coefficient (Wildman–Crippen LogP) is 0.477. The second kappa shape index (κ2) is 11.0. The maximum absolute atomic E-state index is 9.62. The van der Waals surface area contributed by atoms with Crippen molar-refractivity contribution in [3.05, 3.63) is 0 Å². The smallest absolute Gasteiger partial charge is 0.0203 e. The minimum absolute atomic E-state index is 0.855. The third-order valence-corrected chi connectivity index (χ3v) is 1.70. The summed E-state index contributed by atoms with van der Waals surface area (Å²) in [6.07, 6.45) is 3.75. The van der Waals surface area contributed by atoms with E-state index in [9.17, 15) is 8.76 Å². The number of rotatable bonds is 4. The van der Waals surface area contributed by atoms with Crippen molar-refractivity contribution in [1.29, 1.82) is 0 Å². The van der Waals surface area contributed by atoms with E-state index in [-0.39, 0.29) is 0 Å². The molecule has 0 radical (unpaired) electrons. The van der Waals surface area contributed by atoms with Crippen LogP contribution in [0.15, 0.2) is 0 Å². The SMILES string of the molecule is CCCCCN.CN(C)S(=O)[O-]. The first-order valence-corrected chi connectivity index (χ1v) is 5.06. The first-order chi connectivity index (χ1) is 5.56. The summed E-state index contributed by atoms with van der Waals surface area (Å²) in [6.45, 7) is 3.03. The van der Waals surface area contributed by atoms with Gasteiger partial charge in [-0.2, -0.15) is 0 Å². The maximum Gasteiger partial charge on any atom is 0.0203 e. The first kappa shape index (κ1) is 14.5. The van der Waals surface area contributed by atoms with Crippen LogP contribution in [-0.2, 0) is 11.3 Å². The predicted molar refractivity (Wildman–Crippen MR) is 51.2 cm³/mol. The van der Waals surface area contributed by atoms with Crippen molar-refractivity contribution >= 4 is 11.3 Å². The van der Waals surface area contributed by atoms with Gasteiger partial charge >= 0.3 is 0 Å². The molecule has 0 aromatic rings. The zero-order valence-electron chi connectivity index (χ0n) is 8.08. The van der Waals surface area contributed by atoms with Crippen molar-refractivity contribution in [2.75, 3.05) is 20.6 Å². The Bertz CT molecular complexity index is 106. The molecular weight excluding hydrogens is 176 g/mol. The fraction of sp³-hybridized carbons (Fsp3) is 1.00. The van der Waals surface area contributed by atoms with E-state index in [0.717, 1.165) is 10.8 Å². The van der Waals surface area contributed by atoms with Crippen LogP contribution in [0.5, 0.6) is 0 Å². The molecule has 0 saturated heterocycles. The van der Waals surface area contributed by atoms with E-state index in [4.69, 9.17) is 5.73 Å². The number of nitrogens with two attached hydrogens (primary N) is 1. The summed E-state index contributed by atoms with van der Waals surface area (Å²) < 4.78 is 20.3. The first-order valence-electron chi connectivity index (χ1n) is 4.03. The van der Waals surface area contributed by atoms with Crippen LogP contribution in [0.25, 0.3) is 0 Å². The van der Waals surface area contributed by atoms with E-state index >= 15 is 0 Å². The zero-order chi connectivity index (χ0) is 9.98. The molecule has 0 aromatic carbocycles. The highest BCUT2D eigenvalue weighted by atomic mass is 32.2. The Morgan fingerprint density at radius 1 is 1.42 bits per heavy atom. The Kier molecular flexibility index (Phi) is 13.4. The lowest BCUT2D eigenvalue weighted by molar-refractivity contribution is 0.470. The molecule has 1 unspecified atom stereocenters. The normalized spacial score (nSPS) is 12.2. The minimum atomic E-state index is -2.03. The summed E-state index contributed by atoms with van der Waals surface area (Å²) in [4.78, 5) is 0. The van der Waals surface area contributed by atoms with Gasteiger partial charge in [0.15, 0.2) is 0 Å². The van der Waals surface area contributed by atoms with Crippen LogP contribution in [0.4, 0.5) is 0 Å². The van der Waals surface area contributed by atoms with Crippen molar-refractivity contribution in [3.8, 4) is 0 Å². The van der Waals surface area contributed by atoms with Gasteiger partial charge in [-0.1, -0.05) is 19.8 Å². The summed E-state index contributed by atoms with van der Waals surface area (Å²) in [5, 5.41) is 0. The van der Waals surface area contributed by atoms with Crippen molar-refractivity contribution < 1.29 is 8.76 Å². The van der Waals surface area contributed by atoms with Gasteiger partial charge in [-0.15, -0.1) is 0 Å². The molecule has 0 aliphatic heterocycles. The highest BCUT2D eigenvalue weighted by Crippen LogP contribution is 1.88. The Morgan fingerprint density at radius 2 is 1.83 bits per heavy atom. The van der Waals surface area contributed by atoms with E-state index in [1.54, 1.807) is 0 Å². The van der Waals surface area contributed by atoms with Crippen LogP contribution in [0, 0.1) is 0 Å². The molecule has 0 spiro atoms. The Labute approximate surface area is 77.5 Å². The molecule has 4 nitrogen and oxygen atoms in total. The van der Waals surface area contributed by atoms with Crippen molar-refractivity contribution in [3.63, 3.8) is 0 Å². The Morgan fingerprint density at radius 3 is 1.92 bits per heavy atom. The van der Waals surface area contributed by atoms with Crippen LogP contribution in [0.2, 0.25) is 0 Å². The highest BCUT2D eigenvalue weighted by Gasteiger charge is 1.78. The van der Waals surface area contributed by atoms with Gasteiger partial charge in [-0.25, -0.2) is 4.31 Å². The van der Waals surface area contributed by atoms with Crippen LogP contribution in [0.1, 0.15) is 26.2 Å². The molecule has 76 valence electrons. The molecule has 12 heavy (non-hydrogen) atoms. The number of hydrogen-bond donors (Lipinski definition) is 1. The quantitative estimate of drug-likeness (QED) is 0.524. The summed E-state index contributed by atoms with van der Waals surface area (Å²) in [5.41, 5.74) is 5.21. The average molecular weight is 195 g/mol. The molecule has 0 fully saturated rings. The Balaban J connectivity index is 0. The van der Waals surface area contributed by atoms with Gasteiger partial charge in [0.25, 0.3) is 0 Å². The lowest BCUT2D eigenvalue weighted by atomic mass is 10.3. The minimum Gasteiger partial charge on any atom is -0.760 e. The molecule has 0 saturated carbocycles. The molecular formula is C7H19N2O2S-. The maximum atomic E-state index is 9.62. The second-order valence-electron chi connectivity index (χ2n) is 2.53.